The molecule has 1 N–H and O–H groups in total. The zero-order valence-corrected chi connectivity index (χ0v) is 24.6. The molecule has 218 valence electrons. The summed E-state index contributed by atoms with van der Waals surface area (Å²) in [5.74, 6) is -0.485. The number of aromatic nitrogens is 1. The van der Waals surface area contributed by atoms with Gasteiger partial charge in [-0.05, 0) is 60.0 Å². The van der Waals surface area contributed by atoms with Crippen LogP contribution in [0, 0.1) is 0 Å². The highest BCUT2D eigenvalue weighted by atomic mass is 79.9. The maximum Gasteiger partial charge on any atom is 0.416 e. The van der Waals surface area contributed by atoms with Crippen molar-refractivity contribution in [1.29, 1.82) is 0 Å². The Bertz CT molecular complexity index is 1570. The van der Waals surface area contributed by atoms with Gasteiger partial charge in [-0.15, -0.1) is 0 Å². The van der Waals surface area contributed by atoms with Gasteiger partial charge in [-0.1, -0.05) is 46.3 Å². The summed E-state index contributed by atoms with van der Waals surface area (Å²) in [6, 6.07) is 18.4. The molecule has 4 aromatic rings. The number of alkyl halides is 3. The van der Waals surface area contributed by atoms with Crippen LogP contribution in [-0.2, 0) is 38.7 Å². The monoisotopic (exact) mass is 651 g/mol. The number of nitrogens with one attached hydrogen (secondary N) is 1. The van der Waals surface area contributed by atoms with E-state index >= 15 is 0 Å². The smallest absolute Gasteiger partial charge is 0.383 e. The molecule has 0 atom stereocenters. The number of halogens is 4. The second-order valence-electron chi connectivity index (χ2n) is 9.40. The molecular formula is C29H29BrF3N3O4S. The third kappa shape index (κ3) is 7.76. The highest BCUT2D eigenvalue weighted by Crippen LogP contribution is 2.29. The first-order chi connectivity index (χ1) is 19.5. The minimum absolute atomic E-state index is 0.00970. The summed E-state index contributed by atoms with van der Waals surface area (Å²) in [5.41, 5.74) is 1.60. The lowest BCUT2D eigenvalue weighted by molar-refractivity contribution is -0.137. The zero-order valence-electron chi connectivity index (χ0n) is 22.2. The van der Waals surface area contributed by atoms with Gasteiger partial charge in [-0.3, -0.25) is 4.79 Å². The number of hydrogen-bond acceptors (Lipinski definition) is 4. The molecule has 0 saturated heterocycles. The van der Waals surface area contributed by atoms with Gasteiger partial charge in [0, 0.05) is 48.3 Å². The van der Waals surface area contributed by atoms with Gasteiger partial charge in [0.25, 0.3) is 0 Å². The predicted octanol–water partition coefficient (Wildman–Crippen LogP) is 5.86. The third-order valence-electron chi connectivity index (χ3n) is 6.64. The summed E-state index contributed by atoms with van der Waals surface area (Å²) in [4.78, 5) is 18.4. The van der Waals surface area contributed by atoms with Crippen molar-refractivity contribution in [3.05, 3.63) is 100 Å². The third-order valence-corrected chi connectivity index (χ3v) is 9.03. The lowest BCUT2D eigenvalue weighted by atomic mass is 10.1. The average Bonchev–Trinajstić information content (AvgIpc) is 3.36. The summed E-state index contributed by atoms with van der Waals surface area (Å²) in [5, 5.41) is 0.994. The maximum atomic E-state index is 13.7. The largest absolute Gasteiger partial charge is 0.416 e. The minimum atomic E-state index is -4.48. The molecule has 1 heterocycles. The molecule has 0 radical (unpaired) electrons. The first kappa shape index (κ1) is 30.8. The van der Waals surface area contributed by atoms with E-state index < -0.39 is 34.2 Å². The van der Waals surface area contributed by atoms with E-state index in [1.165, 1.54) is 36.3 Å². The lowest BCUT2D eigenvalue weighted by Crippen LogP contribution is -2.44. The number of carbonyl (C=O) groups excluding carboxylic acids is 1. The summed E-state index contributed by atoms with van der Waals surface area (Å²) in [6.07, 6.45) is -2.17. The maximum absolute atomic E-state index is 13.7. The summed E-state index contributed by atoms with van der Waals surface area (Å²) in [6.45, 7) is -0.224. The van der Waals surface area contributed by atoms with E-state index in [0.29, 0.717) is 16.5 Å². The van der Waals surface area contributed by atoms with Crippen LogP contribution >= 0.6 is 15.9 Å². The van der Waals surface area contributed by atoms with E-state index in [2.05, 4.69) is 20.9 Å². The number of H-pyrrole nitrogens is 1. The molecule has 0 aliphatic heterocycles. The van der Waals surface area contributed by atoms with Crippen LogP contribution in [0.3, 0.4) is 0 Å². The highest BCUT2D eigenvalue weighted by Gasteiger charge is 2.31. The molecule has 3 aromatic carbocycles. The van der Waals surface area contributed by atoms with E-state index in [1.54, 1.807) is 12.1 Å². The number of aromatic amines is 1. The van der Waals surface area contributed by atoms with Gasteiger partial charge < -0.3 is 14.6 Å². The number of fused-ring (bicyclic) bond motifs is 1. The molecule has 0 fully saturated rings. The standard InChI is InChI=1S/C29H29BrF3N3O4S/c1-40-17-16-36(41(38,39)25-12-10-24(30)11-13-25)20-28(37)35(19-21-6-8-23(9-7-21)29(31,32)33)15-14-22-18-34-27-5-3-2-4-26(22)27/h2-13,18,34H,14-17,19-20H2,1H3. The van der Waals surface area contributed by atoms with Crippen molar-refractivity contribution in [2.45, 2.75) is 24.0 Å². The topological polar surface area (TPSA) is 82.7 Å². The normalized spacial score (nSPS) is 12.2. The molecule has 41 heavy (non-hydrogen) atoms. The first-order valence-corrected chi connectivity index (χ1v) is 15.0. The van der Waals surface area contributed by atoms with Gasteiger partial charge in [0.2, 0.25) is 15.9 Å². The Kier molecular flexibility index (Phi) is 9.90. The van der Waals surface area contributed by atoms with E-state index in [0.717, 1.165) is 32.9 Å². The van der Waals surface area contributed by atoms with E-state index in [9.17, 15) is 26.4 Å². The second-order valence-corrected chi connectivity index (χ2v) is 12.3. The Morgan fingerprint density at radius 3 is 2.32 bits per heavy atom. The Morgan fingerprint density at radius 1 is 0.976 bits per heavy atom. The second kappa shape index (κ2) is 13.2. The van der Waals surface area contributed by atoms with Crippen LogP contribution in [0.5, 0.6) is 0 Å². The molecule has 12 heteroatoms. The van der Waals surface area contributed by atoms with Gasteiger partial charge in [-0.2, -0.15) is 17.5 Å². The van der Waals surface area contributed by atoms with Crippen molar-refractivity contribution < 1.29 is 31.1 Å². The van der Waals surface area contributed by atoms with Crippen molar-refractivity contribution in [3.8, 4) is 0 Å². The van der Waals surface area contributed by atoms with Crippen molar-refractivity contribution in [2.75, 3.05) is 33.4 Å². The molecule has 7 nitrogen and oxygen atoms in total. The number of rotatable bonds is 12. The Morgan fingerprint density at radius 2 is 1.66 bits per heavy atom. The lowest BCUT2D eigenvalue weighted by Gasteiger charge is -2.27. The van der Waals surface area contributed by atoms with Gasteiger partial charge in [0.05, 0.1) is 23.6 Å². The van der Waals surface area contributed by atoms with Crippen LogP contribution in [0.2, 0.25) is 0 Å². The van der Waals surface area contributed by atoms with Crippen LogP contribution in [0.1, 0.15) is 16.7 Å². The molecule has 0 saturated carbocycles. The van der Waals surface area contributed by atoms with Gasteiger partial charge >= 0.3 is 6.18 Å². The summed E-state index contributed by atoms with van der Waals surface area (Å²) in [7, 11) is -2.61. The van der Waals surface area contributed by atoms with Crippen molar-refractivity contribution >= 4 is 42.8 Å². The molecule has 4 rings (SSSR count). The number of carbonyl (C=O) groups is 1. The van der Waals surface area contributed by atoms with Crippen molar-refractivity contribution in [2.24, 2.45) is 0 Å². The van der Waals surface area contributed by atoms with Gasteiger partial charge in [-0.25, -0.2) is 8.42 Å². The Labute approximate surface area is 245 Å². The van der Waals surface area contributed by atoms with Crippen LogP contribution in [-0.4, -0.2) is 61.9 Å². The molecule has 1 aromatic heterocycles. The number of amides is 1. The highest BCUT2D eigenvalue weighted by molar-refractivity contribution is 9.10. The molecule has 0 spiro atoms. The molecular weight excluding hydrogens is 623 g/mol. The molecule has 1 amide bonds. The van der Waals surface area contributed by atoms with Gasteiger partial charge in [0.1, 0.15) is 0 Å². The summed E-state index contributed by atoms with van der Waals surface area (Å²) < 4.78 is 73.1. The number of benzene rings is 3. The number of para-hydroxylation sites is 1. The quantitative estimate of drug-likeness (QED) is 0.208. The minimum Gasteiger partial charge on any atom is -0.383 e. The van der Waals surface area contributed by atoms with E-state index in [4.69, 9.17) is 4.74 Å². The average molecular weight is 653 g/mol. The van der Waals surface area contributed by atoms with E-state index in [1.807, 2.05) is 30.5 Å². The Balaban J connectivity index is 1.59. The number of nitrogens with zero attached hydrogens (tertiary/aromatic N) is 2. The SMILES string of the molecule is COCCN(CC(=O)N(CCc1c[nH]c2ccccc12)Cc1ccc(C(F)(F)F)cc1)S(=O)(=O)c1ccc(Br)cc1. The fourth-order valence-corrected chi connectivity index (χ4v) is 6.03. The number of sulfonamides is 1. The molecule has 0 bridgehead atoms. The number of hydrogen-bond donors (Lipinski definition) is 1. The van der Waals surface area contributed by atoms with Gasteiger partial charge in [0.15, 0.2) is 0 Å². The molecule has 0 aliphatic rings. The summed E-state index contributed by atoms with van der Waals surface area (Å²) >= 11 is 3.29. The fraction of sp³-hybridized carbons (Fsp3) is 0.276. The number of methoxy groups -OCH3 is 1. The van der Waals surface area contributed by atoms with E-state index in [-0.39, 0.29) is 31.1 Å². The Hall–Kier alpha value is -3.19. The first-order valence-electron chi connectivity index (χ1n) is 12.7. The molecule has 0 aliphatic carbocycles. The fourth-order valence-electron chi connectivity index (χ4n) is 4.39. The predicted molar refractivity (Wildman–Crippen MR) is 154 cm³/mol. The van der Waals surface area contributed by atoms with Crippen molar-refractivity contribution in [1.82, 2.24) is 14.2 Å². The van der Waals surface area contributed by atoms with Crippen LogP contribution in [0.25, 0.3) is 10.9 Å². The zero-order chi connectivity index (χ0) is 29.6. The van der Waals surface area contributed by atoms with Crippen LogP contribution in [0.15, 0.2) is 88.4 Å². The van der Waals surface area contributed by atoms with Crippen LogP contribution in [0.4, 0.5) is 13.2 Å². The van der Waals surface area contributed by atoms with Crippen molar-refractivity contribution in [3.63, 3.8) is 0 Å². The van der Waals surface area contributed by atoms with Crippen LogP contribution < -0.4 is 0 Å². The molecule has 0 unspecified atom stereocenters. The number of ether oxygens (including phenoxy) is 1.